The Labute approximate surface area is 225 Å². The number of allylic oxidation sites excluding steroid dienone is 8. The Morgan fingerprint density at radius 2 is 0.850 bits per heavy atom. The fourth-order valence-electron chi connectivity index (χ4n) is 12.5. The Kier molecular flexibility index (Phi) is 1.72. The standard InChI is InChI=1S/C40H14/c1-2-12-14-5-6-16-18-9-10-20-19-8-7-17-15-4-3-13-11(1)21-22(12)32-24(14)26(16)34-29(18)30(20)35-28(19)27(17)33-25(15)23(13)31(21)36-37(32)39(34)40(35)38(33)36/h1-7,9,27,29H,8,10H2. The van der Waals surface area contributed by atoms with E-state index in [4.69, 9.17) is 0 Å². The van der Waals surface area contributed by atoms with Gasteiger partial charge in [0.2, 0.25) is 0 Å². The van der Waals surface area contributed by atoms with Crippen LogP contribution in [0.4, 0.5) is 0 Å². The minimum Gasteiger partial charge on any atom is -0.0753 e. The fourth-order valence-corrected chi connectivity index (χ4v) is 12.5. The molecule has 7 aliphatic rings. The molecule has 0 amide bonds. The minimum atomic E-state index is 0.436. The van der Waals surface area contributed by atoms with Crippen molar-refractivity contribution in [3.05, 3.63) is 98.3 Å². The quantitative estimate of drug-likeness (QED) is 0.184. The van der Waals surface area contributed by atoms with Crippen molar-refractivity contribution in [2.75, 3.05) is 0 Å². The van der Waals surface area contributed by atoms with Crippen molar-refractivity contribution in [3.8, 4) is 0 Å². The molecule has 0 bridgehead atoms. The number of fused-ring (bicyclic) bond motifs is 5. The van der Waals surface area contributed by atoms with E-state index in [9.17, 15) is 0 Å². The summed E-state index contributed by atoms with van der Waals surface area (Å²) >= 11 is 0. The molecule has 0 saturated carbocycles. The van der Waals surface area contributed by atoms with Crippen LogP contribution in [0.5, 0.6) is 0 Å². The van der Waals surface area contributed by atoms with Crippen LogP contribution >= 0.6 is 0 Å². The van der Waals surface area contributed by atoms with E-state index < -0.39 is 0 Å². The normalized spacial score (nSPS) is 24.4. The molecule has 7 aliphatic carbocycles. The predicted octanol–water partition coefficient (Wildman–Crippen LogP) is 9.37. The first kappa shape index (κ1) is 16.4. The van der Waals surface area contributed by atoms with Gasteiger partial charge in [-0.1, -0.05) is 48.6 Å². The van der Waals surface area contributed by atoms with Gasteiger partial charge in [0.1, 0.15) is 0 Å². The summed E-state index contributed by atoms with van der Waals surface area (Å²) in [5.74, 6) is 0.872. The smallest absolute Gasteiger partial charge is 0.0365 e. The molecular weight excluding hydrogens is 480 g/mol. The molecule has 174 valence electrons. The maximum Gasteiger partial charge on any atom is 0.0365 e. The predicted molar refractivity (Wildman–Crippen MR) is 166 cm³/mol. The van der Waals surface area contributed by atoms with Crippen molar-refractivity contribution in [1.29, 1.82) is 0 Å². The number of rotatable bonds is 0. The third-order valence-corrected chi connectivity index (χ3v) is 13.3. The lowest BCUT2D eigenvalue weighted by molar-refractivity contribution is 0.994. The second kappa shape index (κ2) is 4.19. The summed E-state index contributed by atoms with van der Waals surface area (Å²) in [6.07, 6.45) is 7.49. The zero-order valence-corrected chi connectivity index (χ0v) is 21.2. The van der Waals surface area contributed by atoms with E-state index >= 15 is 0 Å². The van der Waals surface area contributed by atoms with E-state index in [1.807, 2.05) is 0 Å². The maximum absolute atomic E-state index is 2.64. The van der Waals surface area contributed by atoms with Crippen LogP contribution in [0.25, 0.3) is 103 Å². The summed E-state index contributed by atoms with van der Waals surface area (Å²) < 4.78 is 0. The molecule has 0 N–H and O–H groups in total. The van der Waals surface area contributed by atoms with Crippen LogP contribution in [0.2, 0.25) is 0 Å². The average molecular weight is 495 g/mol. The van der Waals surface area contributed by atoms with E-state index in [-0.39, 0.29) is 0 Å². The number of benzene rings is 6. The van der Waals surface area contributed by atoms with Crippen LogP contribution in [0, 0.1) is 0 Å². The van der Waals surface area contributed by atoms with Gasteiger partial charge in [0.05, 0.1) is 0 Å². The van der Waals surface area contributed by atoms with Crippen LogP contribution in [0.1, 0.15) is 46.9 Å². The number of hydrogen-bond acceptors (Lipinski definition) is 0. The molecule has 0 heterocycles. The number of hydrogen-bond donors (Lipinski definition) is 0. The fraction of sp³-hybridized carbons (Fsp3) is 0.100. The molecule has 0 fully saturated rings. The molecule has 0 nitrogen and oxygen atoms in total. The van der Waals surface area contributed by atoms with Gasteiger partial charge in [0.25, 0.3) is 0 Å². The molecule has 40 heavy (non-hydrogen) atoms. The van der Waals surface area contributed by atoms with Crippen LogP contribution in [0.3, 0.4) is 0 Å². The van der Waals surface area contributed by atoms with E-state index in [1.165, 1.54) is 32.7 Å². The first-order valence-electron chi connectivity index (χ1n) is 15.1. The van der Waals surface area contributed by atoms with Gasteiger partial charge in [-0.15, -0.1) is 0 Å². The zero-order valence-electron chi connectivity index (χ0n) is 21.2. The highest BCUT2D eigenvalue weighted by Crippen LogP contribution is 2.72. The van der Waals surface area contributed by atoms with Crippen molar-refractivity contribution in [2.24, 2.45) is 0 Å². The van der Waals surface area contributed by atoms with Gasteiger partial charge in [-0.3, -0.25) is 0 Å². The molecule has 0 aliphatic heterocycles. The van der Waals surface area contributed by atoms with Gasteiger partial charge < -0.3 is 0 Å². The average Bonchev–Trinajstić information content (AvgIpc) is 3.79. The summed E-state index contributed by atoms with van der Waals surface area (Å²) in [7, 11) is 0. The third-order valence-electron chi connectivity index (χ3n) is 13.3. The molecule has 0 heteroatoms. The summed E-state index contributed by atoms with van der Waals surface area (Å²) in [5.41, 5.74) is 18.2. The Morgan fingerprint density at radius 3 is 1.35 bits per heavy atom. The first-order valence-corrected chi connectivity index (χ1v) is 15.1. The lowest BCUT2D eigenvalue weighted by Gasteiger charge is -2.32. The Balaban J connectivity index is 1.48. The van der Waals surface area contributed by atoms with Gasteiger partial charge >= 0.3 is 0 Å². The molecule has 9 aromatic rings. The molecule has 16 rings (SSSR count). The molecule has 9 aromatic carbocycles. The lowest BCUT2D eigenvalue weighted by atomic mass is 9.70. The minimum absolute atomic E-state index is 0.436. The Bertz CT molecular complexity index is 2950. The lowest BCUT2D eigenvalue weighted by Crippen LogP contribution is -2.24. The van der Waals surface area contributed by atoms with Crippen molar-refractivity contribution < 1.29 is 0 Å². The van der Waals surface area contributed by atoms with Gasteiger partial charge in [0, 0.05) is 11.8 Å². The third kappa shape index (κ3) is 1.07. The van der Waals surface area contributed by atoms with Crippen molar-refractivity contribution >= 4 is 103 Å². The SMILES string of the molecule is C1=C2c3ccc4c5ccc6c7ccc8c9c%10c%11c%12c%13c(c3c4c3c%13c%11c(c97)c6c53)C2C2=C(C1)C1=C(C=%122)C%10C8=CC1. The highest BCUT2D eigenvalue weighted by Gasteiger charge is 2.53. The molecule has 0 saturated heterocycles. The van der Waals surface area contributed by atoms with E-state index in [0.717, 1.165) is 12.8 Å². The van der Waals surface area contributed by atoms with Crippen LogP contribution < -0.4 is 5.22 Å². The topological polar surface area (TPSA) is 0 Å². The highest BCUT2D eigenvalue weighted by atomic mass is 14.6. The molecule has 0 spiro atoms. The van der Waals surface area contributed by atoms with Crippen LogP contribution in [-0.2, 0) is 0 Å². The molecule has 0 radical (unpaired) electrons. The molecule has 0 aromatic heterocycles. The van der Waals surface area contributed by atoms with E-state index in [2.05, 4.69) is 48.6 Å². The van der Waals surface area contributed by atoms with Gasteiger partial charge in [-0.05, 0) is 166 Å². The van der Waals surface area contributed by atoms with E-state index in [1.54, 1.807) is 120 Å². The molecule has 2 atom stereocenters. The van der Waals surface area contributed by atoms with Crippen LogP contribution in [0.15, 0.2) is 70.8 Å². The monoisotopic (exact) mass is 494 g/mol. The van der Waals surface area contributed by atoms with Crippen molar-refractivity contribution in [1.82, 2.24) is 0 Å². The summed E-state index contributed by atoms with van der Waals surface area (Å²) in [6.45, 7) is 0. The summed E-state index contributed by atoms with van der Waals surface area (Å²) in [6, 6.07) is 14.9. The second-order valence-corrected chi connectivity index (χ2v) is 13.9. The molecule has 2 unspecified atom stereocenters. The largest absolute Gasteiger partial charge is 0.0753 e. The summed E-state index contributed by atoms with van der Waals surface area (Å²) in [4.78, 5) is 0. The van der Waals surface area contributed by atoms with Crippen molar-refractivity contribution in [3.63, 3.8) is 0 Å². The van der Waals surface area contributed by atoms with Gasteiger partial charge in [0.15, 0.2) is 0 Å². The van der Waals surface area contributed by atoms with Gasteiger partial charge in [-0.25, -0.2) is 0 Å². The van der Waals surface area contributed by atoms with E-state index in [0.29, 0.717) is 11.8 Å². The second-order valence-electron chi connectivity index (χ2n) is 13.9. The Morgan fingerprint density at radius 1 is 0.425 bits per heavy atom. The maximum atomic E-state index is 2.64. The zero-order chi connectivity index (χ0) is 24.4. The first-order chi connectivity index (χ1) is 19.9. The van der Waals surface area contributed by atoms with Gasteiger partial charge in [-0.2, -0.15) is 0 Å². The summed E-state index contributed by atoms with van der Waals surface area (Å²) in [5, 5.41) is 26.8. The van der Waals surface area contributed by atoms with Crippen LogP contribution in [-0.4, -0.2) is 0 Å². The highest BCUT2D eigenvalue weighted by molar-refractivity contribution is 6.58. The Hall–Kier alpha value is -4.68. The molecular formula is C40H14. The van der Waals surface area contributed by atoms with Crippen molar-refractivity contribution in [2.45, 2.75) is 24.7 Å².